The number of aromatic hydroxyl groups is 1. The number of aromatic nitrogens is 2. The molecule has 108 valence electrons. The Hall–Kier alpha value is -2.69. The van der Waals surface area contributed by atoms with Gasteiger partial charge in [-0.05, 0) is 42.8 Å². The monoisotopic (exact) mass is 283 g/mol. The maximum atomic E-state index is 9.69. The molecule has 0 bridgehead atoms. The SMILES string of the molecule is CCOc1cc(CNc2ccc3[nH]ncc3c2)ccc1O. The van der Waals surface area contributed by atoms with Crippen LogP contribution in [-0.4, -0.2) is 21.9 Å². The topological polar surface area (TPSA) is 70.2 Å². The first-order valence-corrected chi connectivity index (χ1v) is 6.88. The molecule has 1 aromatic heterocycles. The largest absolute Gasteiger partial charge is 0.504 e. The van der Waals surface area contributed by atoms with E-state index >= 15 is 0 Å². The summed E-state index contributed by atoms with van der Waals surface area (Å²) >= 11 is 0. The fourth-order valence-electron chi connectivity index (χ4n) is 2.20. The molecular formula is C16H17N3O2. The summed E-state index contributed by atoms with van der Waals surface area (Å²) in [6.45, 7) is 3.08. The number of phenolic OH excluding ortho intramolecular Hbond substituents is 1. The number of H-pyrrole nitrogens is 1. The minimum atomic E-state index is 0.167. The van der Waals surface area contributed by atoms with Crippen LogP contribution in [0.5, 0.6) is 11.5 Å². The third kappa shape index (κ3) is 2.91. The lowest BCUT2D eigenvalue weighted by Gasteiger charge is -2.10. The van der Waals surface area contributed by atoms with Crippen LogP contribution >= 0.6 is 0 Å². The molecule has 5 nitrogen and oxygen atoms in total. The van der Waals surface area contributed by atoms with E-state index in [0.717, 1.165) is 22.2 Å². The smallest absolute Gasteiger partial charge is 0.161 e. The number of benzene rings is 2. The highest BCUT2D eigenvalue weighted by Gasteiger charge is 2.04. The molecule has 5 heteroatoms. The van der Waals surface area contributed by atoms with Gasteiger partial charge in [-0.25, -0.2) is 0 Å². The molecule has 2 aromatic carbocycles. The predicted molar refractivity (Wildman–Crippen MR) is 82.7 cm³/mol. The van der Waals surface area contributed by atoms with E-state index in [1.165, 1.54) is 0 Å². The third-order valence-electron chi connectivity index (χ3n) is 3.26. The molecule has 3 rings (SSSR count). The van der Waals surface area contributed by atoms with Gasteiger partial charge in [0, 0.05) is 17.6 Å². The molecule has 0 unspecified atom stereocenters. The Morgan fingerprint density at radius 2 is 2.14 bits per heavy atom. The van der Waals surface area contributed by atoms with Crippen LogP contribution in [0.1, 0.15) is 12.5 Å². The van der Waals surface area contributed by atoms with Crippen molar-refractivity contribution in [2.75, 3.05) is 11.9 Å². The quantitative estimate of drug-likeness (QED) is 0.672. The molecule has 0 saturated carbocycles. The Bertz CT molecular complexity index is 752. The molecule has 0 atom stereocenters. The van der Waals surface area contributed by atoms with Gasteiger partial charge in [-0.1, -0.05) is 6.07 Å². The zero-order valence-corrected chi connectivity index (χ0v) is 11.8. The number of fused-ring (bicyclic) bond motifs is 1. The summed E-state index contributed by atoms with van der Waals surface area (Å²) in [4.78, 5) is 0. The molecule has 0 aliphatic carbocycles. The highest BCUT2D eigenvalue weighted by molar-refractivity contribution is 5.81. The van der Waals surface area contributed by atoms with Crippen molar-refractivity contribution in [1.82, 2.24) is 10.2 Å². The van der Waals surface area contributed by atoms with Crippen LogP contribution in [-0.2, 0) is 6.54 Å². The molecule has 0 aliphatic heterocycles. The van der Waals surface area contributed by atoms with Crippen LogP contribution in [0.4, 0.5) is 5.69 Å². The lowest BCUT2D eigenvalue weighted by atomic mass is 10.2. The van der Waals surface area contributed by atoms with Crippen molar-refractivity contribution >= 4 is 16.6 Å². The molecule has 0 spiro atoms. The van der Waals surface area contributed by atoms with Gasteiger partial charge in [-0.2, -0.15) is 5.10 Å². The van der Waals surface area contributed by atoms with Crippen LogP contribution in [0, 0.1) is 0 Å². The van der Waals surface area contributed by atoms with Crippen LogP contribution < -0.4 is 10.1 Å². The van der Waals surface area contributed by atoms with Crippen molar-refractivity contribution < 1.29 is 9.84 Å². The summed E-state index contributed by atoms with van der Waals surface area (Å²) in [6, 6.07) is 11.4. The summed E-state index contributed by atoms with van der Waals surface area (Å²) < 4.78 is 5.39. The number of hydrogen-bond donors (Lipinski definition) is 3. The molecule has 0 aliphatic rings. The fourth-order valence-corrected chi connectivity index (χ4v) is 2.20. The summed E-state index contributed by atoms with van der Waals surface area (Å²) in [5, 5.41) is 21.0. The van der Waals surface area contributed by atoms with Crippen LogP contribution in [0.3, 0.4) is 0 Å². The summed E-state index contributed by atoms with van der Waals surface area (Å²) in [7, 11) is 0. The average Bonchev–Trinajstić information content (AvgIpc) is 2.96. The van der Waals surface area contributed by atoms with Crippen LogP contribution in [0.25, 0.3) is 10.9 Å². The van der Waals surface area contributed by atoms with Gasteiger partial charge in [0.05, 0.1) is 18.3 Å². The van der Waals surface area contributed by atoms with Crippen molar-refractivity contribution in [1.29, 1.82) is 0 Å². The molecule has 21 heavy (non-hydrogen) atoms. The first-order valence-electron chi connectivity index (χ1n) is 6.88. The van der Waals surface area contributed by atoms with E-state index in [0.29, 0.717) is 18.9 Å². The van der Waals surface area contributed by atoms with Gasteiger partial charge in [0.1, 0.15) is 0 Å². The van der Waals surface area contributed by atoms with E-state index in [2.05, 4.69) is 15.5 Å². The van der Waals surface area contributed by atoms with Gasteiger partial charge >= 0.3 is 0 Å². The summed E-state index contributed by atoms with van der Waals surface area (Å²) in [5.41, 5.74) is 3.09. The fraction of sp³-hybridized carbons (Fsp3) is 0.188. The second kappa shape index (κ2) is 5.75. The van der Waals surface area contributed by atoms with Gasteiger partial charge in [-0.15, -0.1) is 0 Å². The summed E-state index contributed by atoms with van der Waals surface area (Å²) in [6.07, 6.45) is 1.80. The van der Waals surface area contributed by atoms with E-state index in [-0.39, 0.29) is 5.75 Å². The minimum absolute atomic E-state index is 0.167. The zero-order chi connectivity index (χ0) is 14.7. The minimum Gasteiger partial charge on any atom is -0.504 e. The van der Waals surface area contributed by atoms with Crippen molar-refractivity contribution in [3.8, 4) is 11.5 Å². The molecule has 3 aromatic rings. The van der Waals surface area contributed by atoms with Gasteiger partial charge in [0.25, 0.3) is 0 Å². The molecule has 0 saturated heterocycles. The second-order valence-electron chi connectivity index (χ2n) is 4.76. The van der Waals surface area contributed by atoms with Crippen LogP contribution in [0.15, 0.2) is 42.6 Å². The number of ether oxygens (including phenoxy) is 1. The Balaban J connectivity index is 1.73. The highest BCUT2D eigenvalue weighted by atomic mass is 16.5. The van der Waals surface area contributed by atoms with E-state index in [4.69, 9.17) is 4.74 Å². The lowest BCUT2D eigenvalue weighted by Crippen LogP contribution is -2.00. The molecule has 0 fully saturated rings. The van der Waals surface area contributed by atoms with Gasteiger partial charge in [0.2, 0.25) is 0 Å². The highest BCUT2D eigenvalue weighted by Crippen LogP contribution is 2.27. The first-order chi connectivity index (χ1) is 10.3. The molecule has 1 heterocycles. The molecule has 0 radical (unpaired) electrons. The zero-order valence-electron chi connectivity index (χ0n) is 11.8. The van der Waals surface area contributed by atoms with E-state index < -0.39 is 0 Å². The number of aromatic amines is 1. The van der Waals surface area contributed by atoms with E-state index in [1.54, 1.807) is 12.3 Å². The standard InChI is InChI=1S/C16H17N3O2/c1-2-21-16-7-11(3-6-15(16)20)9-17-13-4-5-14-12(8-13)10-18-19-14/h3-8,10,17,20H,2,9H2,1H3,(H,18,19). The Kier molecular flexibility index (Phi) is 3.64. The van der Waals surface area contributed by atoms with Crippen molar-refractivity contribution in [3.05, 3.63) is 48.2 Å². The number of phenols is 1. The number of anilines is 1. The van der Waals surface area contributed by atoms with Crippen molar-refractivity contribution in [3.63, 3.8) is 0 Å². The van der Waals surface area contributed by atoms with Crippen molar-refractivity contribution in [2.45, 2.75) is 13.5 Å². The lowest BCUT2D eigenvalue weighted by molar-refractivity contribution is 0.318. The molecule has 3 N–H and O–H groups in total. The maximum absolute atomic E-state index is 9.69. The normalized spacial score (nSPS) is 10.7. The van der Waals surface area contributed by atoms with Crippen LogP contribution in [0.2, 0.25) is 0 Å². The van der Waals surface area contributed by atoms with Gasteiger partial charge < -0.3 is 15.2 Å². The first kappa shape index (κ1) is 13.3. The summed E-state index contributed by atoms with van der Waals surface area (Å²) in [5.74, 6) is 0.683. The number of hydrogen-bond acceptors (Lipinski definition) is 4. The molecular weight excluding hydrogens is 266 g/mol. The number of nitrogens with zero attached hydrogens (tertiary/aromatic N) is 1. The van der Waals surface area contributed by atoms with Gasteiger partial charge in [-0.3, -0.25) is 5.10 Å². The number of nitrogens with one attached hydrogen (secondary N) is 2. The van der Waals surface area contributed by atoms with E-state index in [9.17, 15) is 5.11 Å². The Morgan fingerprint density at radius 3 is 3.00 bits per heavy atom. The maximum Gasteiger partial charge on any atom is 0.161 e. The molecule has 0 amide bonds. The Morgan fingerprint density at radius 1 is 1.24 bits per heavy atom. The van der Waals surface area contributed by atoms with Crippen molar-refractivity contribution in [2.24, 2.45) is 0 Å². The average molecular weight is 283 g/mol. The third-order valence-corrected chi connectivity index (χ3v) is 3.26. The Labute approximate surface area is 122 Å². The predicted octanol–water partition coefficient (Wildman–Crippen LogP) is 3.28. The van der Waals surface area contributed by atoms with Gasteiger partial charge in [0.15, 0.2) is 11.5 Å². The van der Waals surface area contributed by atoms with E-state index in [1.807, 2.05) is 37.3 Å². The number of rotatable bonds is 5. The second-order valence-corrected chi connectivity index (χ2v) is 4.76.